The van der Waals surface area contributed by atoms with Crippen LogP contribution in [0, 0.1) is 3.57 Å². The Bertz CT molecular complexity index is 400. The number of rotatable bonds is 1. The van der Waals surface area contributed by atoms with Gasteiger partial charge >= 0.3 is 0 Å². The molecule has 2 rings (SSSR count). The van der Waals surface area contributed by atoms with Crippen molar-refractivity contribution in [2.75, 3.05) is 0 Å². The highest BCUT2D eigenvalue weighted by atomic mass is 127. The van der Waals surface area contributed by atoms with E-state index < -0.39 is 0 Å². The molecule has 0 saturated carbocycles. The van der Waals surface area contributed by atoms with E-state index in [0.717, 1.165) is 8.45 Å². The molecule has 62 valence electrons. The first-order chi connectivity index (χ1) is 5.77. The minimum atomic E-state index is 0.488. The van der Waals surface area contributed by atoms with Gasteiger partial charge in [0.05, 0.1) is 0 Å². The summed E-state index contributed by atoms with van der Waals surface area (Å²) in [6.45, 7) is 0. The van der Waals surface area contributed by atoms with E-state index >= 15 is 0 Å². The Hall–Kier alpha value is 0.0500. The van der Waals surface area contributed by atoms with Gasteiger partial charge in [-0.25, -0.2) is 0 Å². The average molecular weight is 357 g/mol. The first-order valence-corrected chi connectivity index (χ1v) is 5.75. The molecule has 2 heterocycles. The molecule has 0 unspecified atom stereocenters. The molecule has 0 fully saturated rings. The highest BCUT2D eigenvalue weighted by molar-refractivity contribution is 14.1. The standard InChI is InChI=1S/C6H2BrIN2OS/c7-6-9-5(11-10-6)4-3(8)1-2-12-4/h1-2H. The summed E-state index contributed by atoms with van der Waals surface area (Å²) in [6.07, 6.45) is 0. The van der Waals surface area contributed by atoms with Crippen LogP contribution in [0.15, 0.2) is 20.7 Å². The number of nitrogens with zero attached hydrogens (tertiary/aromatic N) is 2. The first kappa shape index (κ1) is 8.64. The monoisotopic (exact) mass is 356 g/mol. The van der Waals surface area contributed by atoms with E-state index in [4.69, 9.17) is 4.52 Å². The van der Waals surface area contributed by atoms with Crippen LogP contribution >= 0.6 is 49.9 Å². The van der Waals surface area contributed by atoms with E-state index in [1.165, 1.54) is 0 Å². The summed E-state index contributed by atoms with van der Waals surface area (Å²) in [5.41, 5.74) is 0. The zero-order valence-electron chi connectivity index (χ0n) is 5.62. The molecular weight excluding hydrogens is 355 g/mol. The van der Waals surface area contributed by atoms with Crippen molar-refractivity contribution in [2.24, 2.45) is 0 Å². The van der Waals surface area contributed by atoms with Crippen molar-refractivity contribution in [1.29, 1.82) is 0 Å². The Labute approximate surface area is 94.4 Å². The summed E-state index contributed by atoms with van der Waals surface area (Å²) in [5, 5.41) is 5.64. The van der Waals surface area contributed by atoms with Crippen LogP contribution in [0.3, 0.4) is 0 Å². The van der Waals surface area contributed by atoms with Crippen molar-refractivity contribution in [2.45, 2.75) is 0 Å². The van der Waals surface area contributed by atoms with Crippen LogP contribution in [0.2, 0.25) is 0 Å². The van der Waals surface area contributed by atoms with Gasteiger partial charge in [0.1, 0.15) is 4.88 Å². The Morgan fingerprint density at radius 3 is 2.92 bits per heavy atom. The van der Waals surface area contributed by atoms with Gasteiger partial charge in [-0.2, -0.15) is 4.98 Å². The molecule has 0 spiro atoms. The molecule has 0 radical (unpaired) electrons. The fraction of sp³-hybridized carbons (Fsp3) is 0. The zero-order chi connectivity index (χ0) is 8.55. The van der Waals surface area contributed by atoms with Crippen LogP contribution < -0.4 is 0 Å². The SMILES string of the molecule is Brc1noc(-c2sccc2I)n1. The Balaban J connectivity index is 2.50. The Morgan fingerprint density at radius 2 is 2.42 bits per heavy atom. The fourth-order valence-corrected chi connectivity index (χ4v) is 2.72. The summed E-state index contributed by atoms with van der Waals surface area (Å²) in [6, 6.07) is 2.01. The molecule has 0 saturated heterocycles. The molecule has 0 atom stereocenters. The molecule has 0 aromatic carbocycles. The second kappa shape index (κ2) is 3.43. The normalized spacial score (nSPS) is 10.5. The number of halogens is 2. The fourth-order valence-electron chi connectivity index (χ4n) is 0.744. The summed E-state index contributed by atoms with van der Waals surface area (Å²) in [7, 11) is 0. The highest BCUT2D eigenvalue weighted by Crippen LogP contribution is 2.29. The lowest BCUT2D eigenvalue weighted by Gasteiger charge is -1.86. The third-order valence-corrected chi connectivity index (χ3v) is 3.70. The third-order valence-electron chi connectivity index (χ3n) is 1.21. The van der Waals surface area contributed by atoms with E-state index in [1.807, 2.05) is 11.4 Å². The molecule has 12 heavy (non-hydrogen) atoms. The molecule has 3 nitrogen and oxygen atoms in total. The summed E-state index contributed by atoms with van der Waals surface area (Å²) in [5.74, 6) is 0.571. The average Bonchev–Trinajstić information content (AvgIpc) is 2.58. The highest BCUT2D eigenvalue weighted by Gasteiger charge is 2.11. The minimum Gasteiger partial charge on any atom is -0.332 e. The molecule has 0 bridgehead atoms. The van der Waals surface area contributed by atoms with Crippen molar-refractivity contribution in [3.8, 4) is 10.8 Å². The van der Waals surface area contributed by atoms with Crippen LogP contribution in [0.25, 0.3) is 10.8 Å². The lowest BCUT2D eigenvalue weighted by Crippen LogP contribution is -1.73. The van der Waals surface area contributed by atoms with E-state index in [9.17, 15) is 0 Å². The minimum absolute atomic E-state index is 0.488. The largest absolute Gasteiger partial charge is 0.332 e. The first-order valence-electron chi connectivity index (χ1n) is 3.00. The van der Waals surface area contributed by atoms with Gasteiger partial charge in [-0.3, -0.25) is 0 Å². The van der Waals surface area contributed by atoms with Gasteiger partial charge in [0.25, 0.3) is 5.89 Å². The molecule has 0 aliphatic heterocycles. The summed E-state index contributed by atoms with van der Waals surface area (Å²) < 4.78 is 6.61. The topological polar surface area (TPSA) is 38.9 Å². The summed E-state index contributed by atoms with van der Waals surface area (Å²) >= 11 is 6.96. The van der Waals surface area contributed by atoms with Gasteiger partial charge in [-0.05, 0) is 55.1 Å². The number of aromatic nitrogens is 2. The second-order valence-corrected chi connectivity index (χ2v) is 4.75. The Kier molecular flexibility index (Phi) is 2.47. The van der Waals surface area contributed by atoms with E-state index in [2.05, 4.69) is 48.7 Å². The number of thiophene rings is 1. The van der Waals surface area contributed by atoms with Crippen LogP contribution in [-0.4, -0.2) is 10.1 Å². The Morgan fingerprint density at radius 1 is 1.58 bits per heavy atom. The van der Waals surface area contributed by atoms with E-state index in [0.29, 0.717) is 10.6 Å². The maximum atomic E-state index is 4.99. The quantitative estimate of drug-likeness (QED) is 0.737. The number of hydrogen-bond acceptors (Lipinski definition) is 4. The van der Waals surface area contributed by atoms with Gasteiger partial charge < -0.3 is 4.52 Å². The zero-order valence-corrected chi connectivity index (χ0v) is 10.2. The van der Waals surface area contributed by atoms with E-state index in [-0.39, 0.29) is 0 Å². The molecule has 2 aromatic rings. The van der Waals surface area contributed by atoms with Crippen LogP contribution in [-0.2, 0) is 0 Å². The van der Waals surface area contributed by atoms with Crippen LogP contribution in [0.1, 0.15) is 0 Å². The van der Waals surface area contributed by atoms with Gasteiger partial charge in [0.2, 0.25) is 4.73 Å². The predicted octanol–water partition coefficient (Wildman–Crippen LogP) is 3.17. The number of hydrogen-bond donors (Lipinski definition) is 0. The summed E-state index contributed by atoms with van der Waals surface area (Å²) in [4.78, 5) is 5.08. The van der Waals surface area contributed by atoms with Gasteiger partial charge in [-0.15, -0.1) is 11.3 Å². The van der Waals surface area contributed by atoms with Crippen LogP contribution in [0.4, 0.5) is 0 Å². The smallest absolute Gasteiger partial charge is 0.269 e. The maximum absolute atomic E-state index is 4.99. The predicted molar refractivity (Wildman–Crippen MR) is 58.0 cm³/mol. The third kappa shape index (κ3) is 1.55. The lowest BCUT2D eigenvalue weighted by molar-refractivity contribution is 0.427. The van der Waals surface area contributed by atoms with Crippen molar-refractivity contribution >= 4 is 49.9 Å². The van der Waals surface area contributed by atoms with E-state index in [1.54, 1.807) is 11.3 Å². The molecule has 0 N–H and O–H groups in total. The molecule has 0 aliphatic rings. The van der Waals surface area contributed by atoms with Crippen molar-refractivity contribution in [3.63, 3.8) is 0 Å². The van der Waals surface area contributed by atoms with Crippen molar-refractivity contribution < 1.29 is 4.52 Å². The molecule has 6 heteroatoms. The molecule has 2 aromatic heterocycles. The molecule has 0 aliphatic carbocycles. The molecular formula is C6H2BrIN2OS. The van der Waals surface area contributed by atoms with Gasteiger partial charge in [-0.1, -0.05) is 0 Å². The van der Waals surface area contributed by atoms with Gasteiger partial charge in [0, 0.05) is 3.57 Å². The maximum Gasteiger partial charge on any atom is 0.269 e. The van der Waals surface area contributed by atoms with Crippen molar-refractivity contribution in [3.05, 3.63) is 19.8 Å². The molecule has 0 amide bonds. The second-order valence-electron chi connectivity index (χ2n) is 1.97. The van der Waals surface area contributed by atoms with Gasteiger partial charge in [0.15, 0.2) is 0 Å². The van der Waals surface area contributed by atoms with Crippen molar-refractivity contribution in [1.82, 2.24) is 10.1 Å². The lowest BCUT2D eigenvalue weighted by atomic mass is 10.5. The van der Waals surface area contributed by atoms with Crippen LogP contribution in [0.5, 0.6) is 0 Å².